The second kappa shape index (κ2) is 5.50. The summed E-state index contributed by atoms with van der Waals surface area (Å²) in [6.07, 6.45) is 1.04. The Kier molecular flexibility index (Phi) is 4.58. The topological polar surface area (TPSA) is 12.0 Å². The molecule has 0 amide bonds. The normalized spacial score (nSPS) is 12.9. The minimum absolute atomic E-state index is 0.208. The minimum Gasteiger partial charge on any atom is -0.380 e. The summed E-state index contributed by atoms with van der Waals surface area (Å²) in [5, 5.41) is 3.17. The maximum absolute atomic E-state index is 13.5. The van der Waals surface area contributed by atoms with Gasteiger partial charge in [0.05, 0.1) is 5.69 Å². The summed E-state index contributed by atoms with van der Waals surface area (Å²) in [7, 11) is 0. The predicted molar refractivity (Wildman–Crippen MR) is 66.6 cm³/mol. The molecular formula is C12H17BrFN. The maximum Gasteiger partial charge on any atom is 0.147 e. The van der Waals surface area contributed by atoms with Gasteiger partial charge in [-0.05, 0) is 37.5 Å². The first-order valence-corrected chi connectivity index (χ1v) is 6.00. The smallest absolute Gasteiger partial charge is 0.147 e. The molecule has 0 radical (unpaired) electrons. The van der Waals surface area contributed by atoms with E-state index in [2.05, 4.69) is 42.0 Å². The molecule has 84 valence electrons. The third-order valence-electron chi connectivity index (χ3n) is 2.16. The first-order chi connectivity index (χ1) is 6.99. The van der Waals surface area contributed by atoms with E-state index in [-0.39, 0.29) is 5.82 Å². The van der Waals surface area contributed by atoms with Crippen LogP contribution in [0.3, 0.4) is 0 Å². The van der Waals surface area contributed by atoms with Gasteiger partial charge in [-0.2, -0.15) is 0 Å². The van der Waals surface area contributed by atoms with Crippen LogP contribution in [0.1, 0.15) is 27.2 Å². The Labute approximate surface area is 99.2 Å². The second-order valence-corrected chi connectivity index (χ2v) is 5.21. The molecule has 0 aliphatic rings. The van der Waals surface area contributed by atoms with Crippen molar-refractivity contribution in [1.82, 2.24) is 0 Å². The number of benzene rings is 1. The zero-order valence-corrected chi connectivity index (χ0v) is 10.9. The summed E-state index contributed by atoms with van der Waals surface area (Å²) < 4.78 is 14.2. The van der Waals surface area contributed by atoms with Crippen molar-refractivity contribution >= 4 is 21.6 Å². The highest BCUT2D eigenvalue weighted by Gasteiger charge is 2.08. The van der Waals surface area contributed by atoms with E-state index < -0.39 is 0 Å². The number of hydrogen-bond acceptors (Lipinski definition) is 1. The molecule has 0 aromatic heterocycles. The van der Waals surface area contributed by atoms with E-state index in [1.165, 1.54) is 6.07 Å². The third-order valence-corrected chi connectivity index (χ3v) is 2.65. The number of rotatable bonds is 4. The summed E-state index contributed by atoms with van der Waals surface area (Å²) >= 11 is 3.24. The van der Waals surface area contributed by atoms with Crippen molar-refractivity contribution in [3.63, 3.8) is 0 Å². The molecule has 1 N–H and O–H groups in total. The Morgan fingerprint density at radius 3 is 2.53 bits per heavy atom. The molecule has 0 heterocycles. The van der Waals surface area contributed by atoms with E-state index in [9.17, 15) is 4.39 Å². The van der Waals surface area contributed by atoms with Gasteiger partial charge in [-0.1, -0.05) is 29.8 Å². The molecule has 15 heavy (non-hydrogen) atoms. The average Bonchev–Trinajstić information content (AvgIpc) is 2.08. The van der Waals surface area contributed by atoms with Gasteiger partial charge in [0.1, 0.15) is 5.82 Å². The highest BCUT2D eigenvalue weighted by atomic mass is 79.9. The molecule has 0 bridgehead atoms. The Morgan fingerprint density at radius 2 is 2.00 bits per heavy atom. The molecule has 0 spiro atoms. The van der Waals surface area contributed by atoms with Gasteiger partial charge < -0.3 is 5.32 Å². The fourth-order valence-corrected chi connectivity index (χ4v) is 1.97. The van der Waals surface area contributed by atoms with E-state index in [4.69, 9.17) is 0 Å². The third kappa shape index (κ3) is 4.20. The standard InChI is InChI=1S/C12H17BrFN/c1-8(2)6-9(3)15-12-5-4-10(13)7-11(12)14/h4-5,7-9,15H,6H2,1-3H3. The molecule has 1 aromatic rings. The average molecular weight is 274 g/mol. The van der Waals surface area contributed by atoms with Crippen LogP contribution in [0.15, 0.2) is 22.7 Å². The lowest BCUT2D eigenvalue weighted by Crippen LogP contribution is -2.18. The SMILES string of the molecule is CC(C)CC(C)Nc1ccc(Br)cc1F. The monoisotopic (exact) mass is 273 g/mol. The van der Waals surface area contributed by atoms with Crippen molar-refractivity contribution in [2.45, 2.75) is 33.2 Å². The zero-order valence-electron chi connectivity index (χ0n) is 9.35. The highest BCUT2D eigenvalue weighted by molar-refractivity contribution is 9.10. The Balaban J connectivity index is 2.64. The van der Waals surface area contributed by atoms with Crippen LogP contribution in [-0.4, -0.2) is 6.04 Å². The van der Waals surface area contributed by atoms with Crippen LogP contribution in [0.2, 0.25) is 0 Å². The highest BCUT2D eigenvalue weighted by Crippen LogP contribution is 2.21. The van der Waals surface area contributed by atoms with Gasteiger partial charge >= 0.3 is 0 Å². The summed E-state index contributed by atoms with van der Waals surface area (Å²) in [6, 6.07) is 5.37. The summed E-state index contributed by atoms with van der Waals surface area (Å²) in [5.41, 5.74) is 0.575. The van der Waals surface area contributed by atoms with Crippen molar-refractivity contribution in [1.29, 1.82) is 0 Å². The van der Waals surface area contributed by atoms with Crippen molar-refractivity contribution < 1.29 is 4.39 Å². The van der Waals surface area contributed by atoms with Crippen LogP contribution in [0.5, 0.6) is 0 Å². The van der Waals surface area contributed by atoms with Gasteiger partial charge in [0.2, 0.25) is 0 Å². The van der Waals surface area contributed by atoms with Gasteiger partial charge in [0, 0.05) is 10.5 Å². The molecule has 0 aliphatic carbocycles. The van der Waals surface area contributed by atoms with Gasteiger partial charge in [-0.3, -0.25) is 0 Å². The molecule has 1 unspecified atom stereocenters. The fourth-order valence-electron chi connectivity index (χ4n) is 1.64. The van der Waals surface area contributed by atoms with Crippen LogP contribution in [-0.2, 0) is 0 Å². The van der Waals surface area contributed by atoms with Crippen LogP contribution in [0, 0.1) is 11.7 Å². The van der Waals surface area contributed by atoms with Crippen molar-refractivity contribution in [3.05, 3.63) is 28.5 Å². The van der Waals surface area contributed by atoms with E-state index >= 15 is 0 Å². The maximum atomic E-state index is 13.5. The minimum atomic E-state index is -0.208. The molecule has 1 aromatic carbocycles. The lowest BCUT2D eigenvalue weighted by Gasteiger charge is -2.17. The van der Waals surface area contributed by atoms with E-state index in [0.717, 1.165) is 10.9 Å². The Morgan fingerprint density at radius 1 is 1.33 bits per heavy atom. The number of hydrogen-bond donors (Lipinski definition) is 1. The van der Waals surface area contributed by atoms with Gasteiger partial charge in [-0.25, -0.2) is 4.39 Å². The first kappa shape index (κ1) is 12.5. The molecule has 0 saturated heterocycles. The van der Waals surface area contributed by atoms with Crippen molar-refractivity contribution in [2.75, 3.05) is 5.32 Å². The number of anilines is 1. The van der Waals surface area contributed by atoms with Gasteiger partial charge in [0.15, 0.2) is 0 Å². The largest absolute Gasteiger partial charge is 0.380 e. The molecular weight excluding hydrogens is 257 g/mol. The molecule has 1 nitrogen and oxygen atoms in total. The van der Waals surface area contributed by atoms with Crippen molar-refractivity contribution in [3.8, 4) is 0 Å². The van der Waals surface area contributed by atoms with E-state index in [1.807, 2.05) is 6.07 Å². The van der Waals surface area contributed by atoms with Crippen LogP contribution < -0.4 is 5.32 Å². The van der Waals surface area contributed by atoms with Gasteiger partial charge in [-0.15, -0.1) is 0 Å². The first-order valence-electron chi connectivity index (χ1n) is 5.20. The molecule has 1 atom stereocenters. The second-order valence-electron chi connectivity index (χ2n) is 4.30. The van der Waals surface area contributed by atoms with Crippen LogP contribution in [0.25, 0.3) is 0 Å². The zero-order chi connectivity index (χ0) is 11.4. The molecule has 0 saturated carbocycles. The van der Waals surface area contributed by atoms with Crippen molar-refractivity contribution in [2.24, 2.45) is 5.92 Å². The lowest BCUT2D eigenvalue weighted by atomic mass is 10.1. The molecule has 3 heteroatoms. The van der Waals surface area contributed by atoms with E-state index in [1.54, 1.807) is 6.07 Å². The number of halogens is 2. The summed E-state index contributed by atoms with van der Waals surface area (Å²) in [5.74, 6) is 0.408. The quantitative estimate of drug-likeness (QED) is 0.856. The predicted octanol–water partition coefficient (Wildman–Crippen LogP) is 4.43. The fraction of sp³-hybridized carbons (Fsp3) is 0.500. The summed E-state index contributed by atoms with van der Waals surface area (Å²) in [4.78, 5) is 0. The molecule has 1 rings (SSSR count). The Hall–Kier alpha value is -0.570. The Bertz CT molecular complexity index is 325. The van der Waals surface area contributed by atoms with Gasteiger partial charge in [0.25, 0.3) is 0 Å². The molecule has 0 fully saturated rings. The van der Waals surface area contributed by atoms with Crippen LogP contribution >= 0.6 is 15.9 Å². The van der Waals surface area contributed by atoms with Crippen LogP contribution in [0.4, 0.5) is 10.1 Å². The lowest BCUT2D eigenvalue weighted by molar-refractivity contribution is 0.536. The van der Waals surface area contributed by atoms with E-state index in [0.29, 0.717) is 17.6 Å². The summed E-state index contributed by atoms with van der Waals surface area (Å²) in [6.45, 7) is 6.40. The molecule has 0 aliphatic heterocycles. The number of nitrogens with one attached hydrogen (secondary N) is 1.